The molecule has 0 fully saturated rings. The Morgan fingerprint density at radius 3 is 2.88 bits per heavy atom. The summed E-state index contributed by atoms with van der Waals surface area (Å²) in [5, 5.41) is 15.2. The van der Waals surface area contributed by atoms with Crippen LogP contribution in [-0.2, 0) is 11.3 Å². The van der Waals surface area contributed by atoms with Gasteiger partial charge >= 0.3 is 0 Å². The van der Waals surface area contributed by atoms with Crippen LogP contribution in [0.5, 0.6) is 5.75 Å². The second kappa shape index (κ2) is 8.48. The molecule has 0 radical (unpaired) electrons. The molecule has 0 aliphatic rings. The van der Waals surface area contributed by atoms with E-state index in [9.17, 15) is 4.79 Å². The first-order valence-corrected chi connectivity index (χ1v) is 9.03. The van der Waals surface area contributed by atoms with Crippen molar-refractivity contribution < 1.29 is 9.53 Å². The minimum Gasteiger partial charge on any atom is -0.496 e. The fourth-order valence-corrected chi connectivity index (χ4v) is 3.14. The van der Waals surface area contributed by atoms with Gasteiger partial charge in [-0.2, -0.15) is 4.68 Å². The van der Waals surface area contributed by atoms with Crippen molar-refractivity contribution in [1.29, 1.82) is 0 Å². The average molecular weight is 369 g/mol. The van der Waals surface area contributed by atoms with Crippen LogP contribution >= 0.6 is 11.8 Å². The quantitative estimate of drug-likeness (QED) is 0.644. The van der Waals surface area contributed by atoms with Gasteiger partial charge in [0.1, 0.15) is 5.75 Å². The van der Waals surface area contributed by atoms with Crippen molar-refractivity contribution in [2.45, 2.75) is 18.6 Å². The number of carbonyl (C=O) groups excluding carboxylic acids is 1. The van der Waals surface area contributed by atoms with E-state index in [1.54, 1.807) is 11.8 Å². The van der Waals surface area contributed by atoms with Crippen molar-refractivity contribution in [1.82, 2.24) is 25.5 Å². The van der Waals surface area contributed by atoms with Gasteiger partial charge in [0.2, 0.25) is 11.1 Å². The fourth-order valence-electron chi connectivity index (χ4n) is 2.41. The maximum atomic E-state index is 12.2. The highest BCUT2D eigenvalue weighted by molar-refractivity contribution is 7.99. The Kier molecular flexibility index (Phi) is 5.85. The van der Waals surface area contributed by atoms with Crippen LogP contribution in [0.1, 0.15) is 11.1 Å². The summed E-state index contributed by atoms with van der Waals surface area (Å²) in [6, 6.07) is 15.5. The number of aromatic nitrogens is 4. The zero-order chi connectivity index (χ0) is 18.4. The normalized spacial score (nSPS) is 10.5. The monoisotopic (exact) mass is 369 g/mol. The molecule has 0 spiro atoms. The summed E-state index contributed by atoms with van der Waals surface area (Å²) in [7, 11) is 1.61. The third-order valence-corrected chi connectivity index (χ3v) is 4.61. The number of carbonyl (C=O) groups is 1. The van der Waals surface area contributed by atoms with Gasteiger partial charge in [-0.1, -0.05) is 42.1 Å². The van der Waals surface area contributed by atoms with E-state index < -0.39 is 0 Å². The molecular weight excluding hydrogens is 350 g/mol. The molecule has 3 aromatic rings. The molecule has 2 aromatic carbocycles. The summed E-state index contributed by atoms with van der Waals surface area (Å²) in [5.41, 5.74) is 2.91. The number of methoxy groups -OCH3 is 1. The molecule has 26 heavy (non-hydrogen) atoms. The molecule has 3 rings (SSSR count). The lowest BCUT2D eigenvalue weighted by atomic mass is 10.2. The molecule has 0 saturated carbocycles. The number of hydrogen-bond acceptors (Lipinski definition) is 6. The Labute approximate surface area is 155 Å². The van der Waals surface area contributed by atoms with Gasteiger partial charge in [-0.05, 0) is 41.1 Å². The molecule has 1 aromatic heterocycles. The van der Waals surface area contributed by atoms with Gasteiger partial charge in [-0.15, -0.1) is 5.10 Å². The van der Waals surface area contributed by atoms with Crippen molar-refractivity contribution in [2.24, 2.45) is 0 Å². The number of thioether (sulfide) groups is 1. The van der Waals surface area contributed by atoms with E-state index >= 15 is 0 Å². The van der Waals surface area contributed by atoms with E-state index in [1.807, 2.05) is 55.5 Å². The number of benzene rings is 2. The molecule has 1 N–H and O–H groups in total. The van der Waals surface area contributed by atoms with Gasteiger partial charge in [-0.25, -0.2) is 0 Å². The average Bonchev–Trinajstić information content (AvgIpc) is 3.13. The molecule has 1 heterocycles. The molecule has 0 bridgehead atoms. The second-order valence-electron chi connectivity index (χ2n) is 5.59. The number of nitrogens with one attached hydrogen (secondary N) is 1. The van der Waals surface area contributed by atoms with Crippen LogP contribution in [0.15, 0.2) is 53.7 Å². The zero-order valence-corrected chi connectivity index (χ0v) is 15.4. The Balaban J connectivity index is 1.58. The highest BCUT2D eigenvalue weighted by atomic mass is 32.2. The number of para-hydroxylation sites is 1. The molecule has 0 saturated heterocycles. The lowest BCUT2D eigenvalue weighted by Gasteiger charge is -2.09. The number of hydrogen-bond donors (Lipinski definition) is 1. The summed E-state index contributed by atoms with van der Waals surface area (Å²) in [4.78, 5) is 12.2. The lowest BCUT2D eigenvalue weighted by molar-refractivity contribution is -0.118. The Hall–Kier alpha value is -2.87. The molecule has 8 heteroatoms. The number of aryl methyl sites for hydroxylation is 1. The van der Waals surface area contributed by atoms with Gasteiger partial charge in [0.15, 0.2) is 0 Å². The van der Waals surface area contributed by atoms with E-state index in [0.29, 0.717) is 11.7 Å². The highest BCUT2D eigenvalue weighted by Crippen LogP contribution is 2.19. The molecule has 0 atom stereocenters. The SMILES string of the molecule is COc1ccccc1CNC(=O)CSc1nnnn1-c1cccc(C)c1. The first-order chi connectivity index (χ1) is 12.7. The van der Waals surface area contributed by atoms with E-state index in [2.05, 4.69) is 20.8 Å². The van der Waals surface area contributed by atoms with E-state index in [-0.39, 0.29) is 11.7 Å². The predicted octanol–water partition coefficient (Wildman–Crippen LogP) is 2.39. The van der Waals surface area contributed by atoms with E-state index in [4.69, 9.17) is 4.74 Å². The van der Waals surface area contributed by atoms with Crippen LogP contribution in [0.3, 0.4) is 0 Å². The molecule has 0 unspecified atom stereocenters. The van der Waals surface area contributed by atoms with Crippen LogP contribution in [0, 0.1) is 6.92 Å². The van der Waals surface area contributed by atoms with Gasteiger partial charge < -0.3 is 10.1 Å². The minimum absolute atomic E-state index is 0.0975. The fraction of sp³-hybridized carbons (Fsp3) is 0.222. The number of ether oxygens (including phenoxy) is 1. The lowest BCUT2D eigenvalue weighted by Crippen LogP contribution is -2.25. The largest absolute Gasteiger partial charge is 0.496 e. The molecular formula is C18H19N5O2S. The summed E-state index contributed by atoms with van der Waals surface area (Å²) in [6.07, 6.45) is 0. The van der Waals surface area contributed by atoms with E-state index in [0.717, 1.165) is 22.6 Å². The maximum Gasteiger partial charge on any atom is 0.230 e. The maximum absolute atomic E-state index is 12.2. The second-order valence-corrected chi connectivity index (χ2v) is 6.53. The van der Waals surface area contributed by atoms with Crippen LogP contribution in [0.4, 0.5) is 0 Å². The Morgan fingerprint density at radius 1 is 1.23 bits per heavy atom. The summed E-state index contributed by atoms with van der Waals surface area (Å²) < 4.78 is 6.91. The molecule has 0 aliphatic heterocycles. The zero-order valence-electron chi connectivity index (χ0n) is 14.5. The highest BCUT2D eigenvalue weighted by Gasteiger charge is 2.12. The van der Waals surface area contributed by atoms with Crippen molar-refractivity contribution in [3.8, 4) is 11.4 Å². The van der Waals surface area contributed by atoms with Crippen LogP contribution in [0.25, 0.3) is 5.69 Å². The number of tetrazole rings is 1. The van der Waals surface area contributed by atoms with Crippen molar-refractivity contribution in [2.75, 3.05) is 12.9 Å². The standard InChI is InChI=1S/C18H19N5O2S/c1-13-6-5-8-15(10-13)23-18(20-21-22-23)26-12-17(24)19-11-14-7-3-4-9-16(14)25-2/h3-10H,11-12H2,1-2H3,(H,19,24). The molecule has 7 nitrogen and oxygen atoms in total. The van der Waals surface area contributed by atoms with Crippen molar-refractivity contribution in [3.63, 3.8) is 0 Å². The number of amides is 1. The Bertz CT molecular complexity index is 897. The number of rotatable bonds is 7. The smallest absolute Gasteiger partial charge is 0.230 e. The third-order valence-electron chi connectivity index (χ3n) is 3.69. The van der Waals surface area contributed by atoms with Gasteiger partial charge in [-0.3, -0.25) is 4.79 Å². The molecule has 1 amide bonds. The van der Waals surface area contributed by atoms with Gasteiger partial charge in [0, 0.05) is 12.1 Å². The Morgan fingerprint density at radius 2 is 2.08 bits per heavy atom. The third kappa shape index (κ3) is 4.40. The minimum atomic E-state index is -0.0975. The van der Waals surface area contributed by atoms with Crippen LogP contribution in [0.2, 0.25) is 0 Å². The first kappa shape index (κ1) is 17.9. The summed E-state index contributed by atoms with van der Waals surface area (Å²) >= 11 is 1.29. The van der Waals surface area contributed by atoms with Gasteiger partial charge in [0.05, 0.1) is 18.6 Å². The topological polar surface area (TPSA) is 81.9 Å². The first-order valence-electron chi connectivity index (χ1n) is 8.04. The summed E-state index contributed by atoms with van der Waals surface area (Å²) in [6.45, 7) is 2.41. The summed E-state index contributed by atoms with van der Waals surface area (Å²) in [5.74, 6) is 0.880. The van der Waals surface area contributed by atoms with Gasteiger partial charge in [0.25, 0.3) is 0 Å². The molecule has 134 valence electrons. The van der Waals surface area contributed by atoms with Crippen molar-refractivity contribution in [3.05, 3.63) is 59.7 Å². The van der Waals surface area contributed by atoms with Crippen LogP contribution in [-0.4, -0.2) is 39.0 Å². The molecule has 0 aliphatic carbocycles. The predicted molar refractivity (Wildman–Crippen MR) is 99.5 cm³/mol. The van der Waals surface area contributed by atoms with E-state index in [1.165, 1.54) is 11.8 Å². The van der Waals surface area contributed by atoms with Crippen molar-refractivity contribution >= 4 is 17.7 Å². The van der Waals surface area contributed by atoms with Crippen LogP contribution < -0.4 is 10.1 Å². The number of nitrogens with zero attached hydrogens (tertiary/aromatic N) is 4.